The molecule has 0 fully saturated rings. The first-order valence-electron chi connectivity index (χ1n) is 7.46. The maximum atomic E-state index is 12.1. The maximum Gasteiger partial charge on any atom is 0.240 e. The summed E-state index contributed by atoms with van der Waals surface area (Å²) in [6.45, 7) is 3.42. The number of nitrogens with one attached hydrogen (secondary N) is 1. The van der Waals surface area contributed by atoms with E-state index in [1.165, 1.54) is 12.1 Å². The average Bonchev–Trinajstić information content (AvgIpc) is 2.56. The second-order valence-corrected chi connectivity index (χ2v) is 6.61. The van der Waals surface area contributed by atoms with Gasteiger partial charge < -0.3 is 9.47 Å². The predicted octanol–water partition coefficient (Wildman–Crippen LogP) is 2.58. The molecule has 0 spiro atoms. The van der Waals surface area contributed by atoms with Crippen molar-refractivity contribution >= 4 is 10.0 Å². The molecule has 0 unspecified atom stereocenters. The summed E-state index contributed by atoms with van der Waals surface area (Å²) in [6, 6.07) is 16.1. The molecule has 0 aliphatic carbocycles. The smallest absolute Gasteiger partial charge is 0.240 e. The molecule has 0 heterocycles. The largest absolute Gasteiger partial charge is 0.494 e. The Balaban J connectivity index is 1.77. The van der Waals surface area contributed by atoms with Gasteiger partial charge in [0.2, 0.25) is 10.0 Å². The molecule has 2 rings (SSSR count). The highest BCUT2D eigenvalue weighted by Gasteiger charge is 2.13. The van der Waals surface area contributed by atoms with Crippen molar-refractivity contribution in [3.05, 3.63) is 60.2 Å². The summed E-state index contributed by atoms with van der Waals surface area (Å²) in [7, 11) is -3.52. The van der Waals surface area contributed by atoms with Crippen LogP contribution in [0, 0.1) is 0 Å². The number of benzene rings is 2. The van der Waals surface area contributed by atoms with Crippen molar-refractivity contribution in [3.63, 3.8) is 0 Å². The summed E-state index contributed by atoms with van der Waals surface area (Å²) in [4.78, 5) is 0.212. The lowest BCUT2D eigenvalue weighted by molar-refractivity contribution is 0.126. The molecule has 2 aromatic carbocycles. The number of hydrogen-bond donors (Lipinski definition) is 1. The van der Waals surface area contributed by atoms with E-state index in [-0.39, 0.29) is 11.4 Å². The molecule has 0 atom stereocenters. The van der Waals surface area contributed by atoms with Crippen LogP contribution in [-0.4, -0.2) is 28.2 Å². The van der Waals surface area contributed by atoms with Crippen molar-refractivity contribution in [1.82, 2.24) is 4.72 Å². The Morgan fingerprint density at radius 3 is 2.35 bits per heavy atom. The third-order valence-corrected chi connectivity index (χ3v) is 4.57. The van der Waals surface area contributed by atoms with Crippen LogP contribution >= 0.6 is 0 Å². The summed E-state index contributed by atoms with van der Waals surface area (Å²) >= 11 is 0. The molecular formula is C17H21NO4S. The van der Waals surface area contributed by atoms with Crippen LogP contribution in [0.15, 0.2) is 59.5 Å². The molecule has 1 N–H and O–H groups in total. The van der Waals surface area contributed by atoms with Gasteiger partial charge in [0.1, 0.15) is 5.75 Å². The first-order valence-corrected chi connectivity index (χ1v) is 8.94. The van der Waals surface area contributed by atoms with E-state index in [4.69, 9.17) is 9.47 Å². The summed E-state index contributed by atoms with van der Waals surface area (Å²) in [5, 5.41) is 0. The lowest BCUT2D eigenvalue weighted by Gasteiger charge is -2.09. The number of sulfonamides is 1. The van der Waals surface area contributed by atoms with Crippen molar-refractivity contribution in [2.45, 2.75) is 18.4 Å². The highest BCUT2D eigenvalue weighted by atomic mass is 32.2. The van der Waals surface area contributed by atoms with Crippen molar-refractivity contribution < 1.29 is 17.9 Å². The monoisotopic (exact) mass is 335 g/mol. The summed E-state index contributed by atoms with van der Waals surface area (Å²) in [5.41, 5.74) is 1.06. The first kappa shape index (κ1) is 17.5. The van der Waals surface area contributed by atoms with Crippen molar-refractivity contribution in [1.29, 1.82) is 0 Å². The van der Waals surface area contributed by atoms with Gasteiger partial charge in [0.25, 0.3) is 0 Å². The molecule has 6 heteroatoms. The molecule has 5 nitrogen and oxygen atoms in total. The van der Waals surface area contributed by atoms with Crippen molar-refractivity contribution in [3.8, 4) is 5.75 Å². The van der Waals surface area contributed by atoms with Crippen molar-refractivity contribution in [2.75, 3.05) is 19.8 Å². The zero-order chi connectivity index (χ0) is 16.5. The molecule has 0 bridgehead atoms. The standard InChI is InChI=1S/C17H21NO4S/c1-2-22-16-8-10-17(11-9-16)23(19,20)18-12-13-21-14-15-6-4-3-5-7-15/h3-11,18H,2,12-14H2,1H3. The summed E-state index contributed by atoms with van der Waals surface area (Å²) in [5.74, 6) is 0.651. The van der Waals surface area contributed by atoms with E-state index in [1.807, 2.05) is 37.3 Å². The number of ether oxygens (including phenoxy) is 2. The fraction of sp³-hybridized carbons (Fsp3) is 0.294. The molecule has 0 saturated heterocycles. The minimum absolute atomic E-state index is 0.212. The molecule has 0 radical (unpaired) electrons. The minimum atomic E-state index is -3.52. The van der Waals surface area contributed by atoms with Crippen molar-refractivity contribution in [2.24, 2.45) is 0 Å². The second kappa shape index (κ2) is 8.67. The van der Waals surface area contributed by atoms with E-state index < -0.39 is 10.0 Å². The maximum absolute atomic E-state index is 12.1. The first-order chi connectivity index (χ1) is 11.1. The third-order valence-electron chi connectivity index (χ3n) is 3.10. The van der Waals surface area contributed by atoms with E-state index in [1.54, 1.807) is 12.1 Å². The second-order valence-electron chi connectivity index (χ2n) is 4.84. The Morgan fingerprint density at radius 1 is 1.00 bits per heavy atom. The van der Waals surface area contributed by atoms with Crippen LogP contribution in [0.5, 0.6) is 5.75 Å². The van der Waals surface area contributed by atoms with Crippen LogP contribution in [0.3, 0.4) is 0 Å². The Morgan fingerprint density at radius 2 is 1.70 bits per heavy atom. The van der Waals surface area contributed by atoms with Crippen LogP contribution in [0.1, 0.15) is 12.5 Å². The summed E-state index contributed by atoms with van der Waals surface area (Å²) in [6.07, 6.45) is 0. The summed E-state index contributed by atoms with van der Waals surface area (Å²) < 4.78 is 37.5. The van der Waals surface area contributed by atoms with Gasteiger partial charge in [0.15, 0.2) is 0 Å². The van der Waals surface area contributed by atoms with Gasteiger partial charge >= 0.3 is 0 Å². The molecule has 0 aliphatic rings. The Labute approximate surface area is 137 Å². The molecule has 23 heavy (non-hydrogen) atoms. The van der Waals surface area contributed by atoms with Gasteiger partial charge in [-0.2, -0.15) is 0 Å². The van der Waals surface area contributed by atoms with E-state index in [0.717, 1.165) is 5.56 Å². The molecule has 0 aliphatic heterocycles. The quantitative estimate of drug-likeness (QED) is 0.715. The molecule has 0 aromatic heterocycles. The lowest BCUT2D eigenvalue weighted by atomic mass is 10.2. The van der Waals surface area contributed by atoms with E-state index >= 15 is 0 Å². The highest BCUT2D eigenvalue weighted by molar-refractivity contribution is 7.89. The van der Waals surface area contributed by atoms with E-state index in [2.05, 4.69) is 4.72 Å². The fourth-order valence-electron chi connectivity index (χ4n) is 1.98. The van der Waals surface area contributed by atoms with Crippen LogP contribution in [-0.2, 0) is 21.4 Å². The zero-order valence-electron chi connectivity index (χ0n) is 13.1. The highest BCUT2D eigenvalue weighted by Crippen LogP contribution is 2.15. The SMILES string of the molecule is CCOc1ccc(S(=O)(=O)NCCOCc2ccccc2)cc1. The molecule has 2 aromatic rings. The van der Waals surface area contributed by atoms with E-state index in [0.29, 0.717) is 25.6 Å². The van der Waals surface area contributed by atoms with Gasteiger partial charge in [0, 0.05) is 6.54 Å². The van der Waals surface area contributed by atoms with Crippen LogP contribution in [0.4, 0.5) is 0 Å². The fourth-order valence-corrected chi connectivity index (χ4v) is 2.99. The average molecular weight is 335 g/mol. The van der Waals surface area contributed by atoms with Gasteiger partial charge in [0.05, 0.1) is 24.7 Å². The Kier molecular flexibility index (Phi) is 6.58. The van der Waals surface area contributed by atoms with Gasteiger partial charge in [-0.05, 0) is 36.8 Å². The molecule has 0 amide bonds. The molecule has 124 valence electrons. The number of rotatable bonds is 9. The normalized spacial score (nSPS) is 11.3. The third kappa shape index (κ3) is 5.67. The molecular weight excluding hydrogens is 314 g/mol. The topological polar surface area (TPSA) is 64.6 Å². The lowest BCUT2D eigenvalue weighted by Crippen LogP contribution is -2.27. The van der Waals surface area contributed by atoms with Crippen LogP contribution < -0.4 is 9.46 Å². The predicted molar refractivity (Wildman–Crippen MR) is 88.9 cm³/mol. The van der Waals surface area contributed by atoms with Gasteiger partial charge in [-0.15, -0.1) is 0 Å². The minimum Gasteiger partial charge on any atom is -0.494 e. The van der Waals surface area contributed by atoms with Gasteiger partial charge in [-0.25, -0.2) is 13.1 Å². The van der Waals surface area contributed by atoms with Crippen LogP contribution in [0.2, 0.25) is 0 Å². The zero-order valence-corrected chi connectivity index (χ0v) is 13.9. The van der Waals surface area contributed by atoms with Gasteiger partial charge in [-0.3, -0.25) is 0 Å². The molecule has 0 saturated carbocycles. The Hall–Kier alpha value is -1.89. The Bertz CT molecular complexity index is 684. The number of hydrogen-bond acceptors (Lipinski definition) is 4. The van der Waals surface area contributed by atoms with Crippen LogP contribution in [0.25, 0.3) is 0 Å². The van der Waals surface area contributed by atoms with Gasteiger partial charge in [-0.1, -0.05) is 30.3 Å². The van der Waals surface area contributed by atoms with E-state index in [9.17, 15) is 8.42 Å².